The molecule has 3 nitrogen and oxygen atoms in total. The minimum atomic E-state index is -0.134. The first-order chi connectivity index (χ1) is 5.72. The van der Waals surface area contributed by atoms with Crippen molar-refractivity contribution in [1.82, 2.24) is 4.90 Å². The molecule has 0 saturated heterocycles. The van der Waals surface area contributed by atoms with E-state index in [1.807, 2.05) is 0 Å². The van der Waals surface area contributed by atoms with Gasteiger partial charge in [0.2, 0.25) is 0 Å². The van der Waals surface area contributed by atoms with E-state index in [0.717, 1.165) is 19.5 Å². The molecule has 0 fully saturated rings. The minimum Gasteiger partial charge on any atom is -0.469 e. The SMILES string of the molecule is COC(=O)CC1=CCN(C)CC1. The number of carbonyl (C=O) groups excluding carboxylic acids is 1. The minimum absolute atomic E-state index is 0.134. The first kappa shape index (κ1) is 9.26. The molecule has 0 atom stereocenters. The van der Waals surface area contributed by atoms with Gasteiger partial charge in [0.1, 0.15) is 0 Å². The van der Waals surface area contributed by atoms with Gasteiger partial charge in [-0.15, -0.1) is 0 Å². The second-order valence-corrected chi connectivity index (χ2v) is 3.13. The van der Waals surface area contributed by atoms with Crippen LogP contribution in [-0.4, -0.2) is 38.1 Å². The van der Waals surface area contributed by atoms with E-state index in [0.29, 0.717) is 6.42 Å². The molecule has 0 aliphatic carbocycles. The average molecular weight is 169 g/mol. The Morgan fingerprint density at radius 3 is 3.00 bits per heavy atom. The van der Waals surface area contributed by atoms with Crippen molar-refractivity contribution in [1.29, 1.82) is 0 Å². The van der Waals surface area contributed by atoms with Crippen LogP contribution < -0.4 is 0 Å². The van der Waals surface area contributed by atoms with Crippen LogP contribution in [0.25, 0.3) is 0 Å². The fourth-order valence-corrected chi connectivity index (χ4v) is 1.23. The van der Waals surface area contributed by atoms with E-state index in [1.165, 1.54) is 12.7 Å². The van der Waals surface area contributed by atoms with Crippen LogP contribution >= 0.6 is 0 Å². The van der Waals surface area contributed by atoms with E-state index in [-0.39, 0.29) is 5.97 Å². The Kier molecular flexibility index (Phi) is 3.29. The van der Waals surface area contributed by atoms with E-state index in [2.05, 4.69) is 22.8 Å². The molecule has 0 unspecified atom stereocenters. The van der Waals surface area contributed by atoms with Crippen LogP contribution in [0.5, 0.6) is 0 Å². The molecule has 1 aliphatic heterocycles. The molecule has 0 aromatic rings. The zero-order valence-electron chi connectivity index (χ0n) is 7.67. The molecule has 0 aromatic carbocycles. The van der Waals surface area contributed by atoms with Crippen LogP contribution in [0.3, 0.4) is 0 Å². The Balaban J connectivity index is 2.38. The van der Waals surface area contributed by atoms with Gasteiger partial charge in [-0.25, -0.2) is 0 Å². The van der Waals surface area contributed by atoms with Crippen LogP contribution in [-0.2, 0) is 9.53 Å². The first-order valence-electron chi connectivity index (χ1n) is 4.15. The Labute approximate surface area is 73.0 Å². The number of ether oxygens (including phenoxy) is 1. The molecule has 1 rings (SSSR count). The number of esters is 1. The highest BCUT2D eigenvalue weighted by molar-refractivity contribution is 5.72. The van der Waals surface area contributed by atoms with Gasteiger partial charge in [0.25, 0.3) is 0 Å². The molecule has 1 heterocycles. The molecule has 0 radical (unpaired) electrons. The normalized spacial score (nSPS) is 18.7. The number of hydrogen-bond acceptors (Lipinski definition) is 3. The third-order valence-corrected chi connectivity index (χ3v) is 2.11. The van der Waals surface area contributed by atoms with E-state index in [9.17, 15) is 4.79 Å². The number of likely N-dealkylation sites (N-methyl/N-ethyl adjacent to an activating group) is 1. The summed E-state index contributed by atoms with van der Waals surface area (Å²) < 4.78 is 4.59. The lowest BCUT2D eigenvalue weighted by Crippen LogP contribution is -2.24. The van der Waals surface area contributed by atoms with Gasteiger partial charge in [-0.2, -0.15) is 0 Å². The molecule has 12 heavy (non-hydrogen) atoms. The first-order valence-corrected chi connectivity index (χ1v) is 4.15. The molecular weight excluding hydrogens is 154 g/mol. The monoisotopic (exact) mass is 169 g/mol. The van der Waals surface area contributed by atoms with Crippen molar-refractivity contribution in [2.24, 2.45) is 0 Å². The molecule has 0 bridgehead atoms. The number of hydrogen-bond donors (Lipinski definition) is 0. The topological polar surface area (TPSA) is 29.5 Å². The molecule has 0 amide bonds. The Morgan fingerprint density at radius 1 is 1.75 bits per heavy atom. The quantitative estimate of drug-likeness (QED) is 0.452. The summed E-state index contributed by atoms with van der Waals surface area (Å²) in [5.41, 5.74) is 1.21. The van der Waals surface area contributed by atoms with Crippen molar-refractivity contribution in [2.75, 3.05) is 27.2 Å². The van der Waals surface area contributed by atoms with Crippen molar-refractivity contribution in [3.8, 4) is 0 Å². The van der Waals surface area contributed by atoms with Gasteiger partial charge in [-0.3, -0.25) is 4.79 Å². The fraction of sp³-hybridized carbons (Fsp3) is 0.667. The fourth-order valence-electron chi connectivity index (χ4n) is 1.23. The summed E-state index contributed by atoms with van der Waals surface area (Å²) in [5, 5.41) is 0. The zero-order valence-corrected chi connectivity index (χ0v) is 7.67. The van der Waals surface area contributed by atoms with Crippen molar-refractivity contribution >= 4 is 5.97 Å². The molecule has 0 aromatic heterocycles. The maximum atomic E-state index is 10.9. The predicted octanol–water partition coefficient (Wildman–Crippen LogP) is 0.811. The van der Waals surface area contributed by atoms with Gasteiger partial charge >= 0.3 is 5.97 Å². The summed E-state index contributed by atoms with van der Waals surface area (Å²) >= 11 is 0. The van der Waals surface area contributed by atoms with Crippen LogP contribution in [0.4, 0.5) is 0 Å². The summed E-state index contributed by atoms with van der Waals surface area (Å²) in [6, 6.07) is 0. The van der Waals surface area contributed by atoms with Crippen molar-refractivity contribution in [2.45, 2.75) is 12.8 Å². The lowest BCUT2D eigenvalue weighted by Gasteiger charge is -2.21. The van der Waals surface area contributed by atoms with Crippen LogP contribution in [0.15, 0.2) is 11.6 Å². The van der Waals surface area contributed by atoms with Gasteiger partial charge < -0.3 is 9.64 Å². The van der Waals surface area contributed by atoms with E-state index < -0.39 is 0 Å². The summed E-state index contributed by atoms with van der Waals surface area (Å²) in [6.07, 6.45) is 3.57. The Bertz CT molecular complexity index is 199. The van der Waals surface area contributed by atoms with Crippen LogP contribution in [0.2, 0.25) is 0 Å². The molecule has 3 heteroatoms. The van der Waals surface area contributed by atoms with Gasteiger partial charge in [0.15, 0.2) is 0 Å². The number of nitrogens with zero attached hydrogens (tertiary/aromatic N) is 1. The smallest absolute Gasteiger partial charge is 0.309 e. The van der Waals surface area contributed by atoms with E-state index in [4.69, 9.17) is 0 Å². The average Bonchev–Trinajstić information content (AvgIpc) is 2.09. The number of carbonyl (C=O) groups is 1. The van der Waals surface area contributed by atoms with Gasteiger partial charge in [-0.05, 0) is 13.5 Å². The highest BCUT2D eigenvalue weighted by atomic mass is 16.5. The largest absolute Gasteiger partial charge is 0.469 e. The second kappa shape index (κ2) is 4.26. The Morgan fingerprint density at radius 2 is 2.50 bits per heavy atom. The Hall–Kier alpha value is -0.830. The van der Waals surface area contributed by atoms with E-state index in [1.54, 1.807) is 0 Å². The molecule has 0 N–H and O–H groups in total. The van der Waals surface area contributed by atoms with Gasteiger partial charge in [0, 0.05) is 13.1 Å². The molecule has 0 spiro atoms. The second-order valence-electron chi connectivity index (χ2n) is 3.13. The lowest BCUT2D eigenvalue weighted by molar-refractivity contribution is -0.139. The van der Waals surface area contributed by atoms with Gasteiger partial charge in [-0.1, -0.05) is 11.6 Å². The number of rotatable bonds is 2. The maximum absolute atomic E-state index is 10.9. The predicted molar refractivity (Wildman–Crippen MR) is 46.8 cm³/mol. The standard InChI is InChI=1S/C9H15NO2/c1-10-5-3-8(4-6-10)7-9(11)12-2/h3H,4-7H2,1-2H3. The van der Waals surface area contributed by atoms with Crippen molar-refractivity contribution < 1.29 is 9.53 Å². The molecule has 0 saturated carbocycles. The third kappa shape index (κ3) is 2.66. The van der Waals surface area contributed by atoms with Crippen molar-refractivity contribution in [3.05, 3.63) is 11.6 Å². The summed E-state index contributed by atoms with van der Waals surface area (Å²) in [4.78, 5) is 13.1. The molecular formula is C9H15NO2. The lowest BCUT2D eigenvalue weighted by atomic mass is 10.1. The maximum Gasteiger partial charge on any atom is 0.309 e. The molecule has 1 aliphatic rings. The third-order valence-electron chi connectivity index (χ3n) is 2.11. The zero-order chi connectivity index (χ0) is 8.97. The highest BCUT2D eigenvalue weighted by Crippen LogP contribution is 2.13. The van der Waals surface area contributed by atoms with Gasteiger partial charge in [0.05, 0.1) is 13.5 Å². The van der Waals surface area contributed by atoms with Crippen molar-refractivity contribution in [3.63, 3.8) is 0 Å². The van der Waals surface area contributed by atoms with Crippen LogP contribution in [0.1, 0.15) is 12.8 Å². The van der Waals surface area contributed by atoms with Crippen LogP contribution in [0, 0.1) is 0 Å². The highest BCUT2D eigenvalue weighted by Gasteiger charge is 2.10. The summed E-state index contributed by atoms with van der Waals surface area (Å²) in [5.74, 6) is -0.134. The van der Waals surface area contributed by atoms with E-state index >= 15 is 0 Å². The molecule has 68 valence electrons. The summed E-state index contributed by atoms with van der Waals surface area (Å²) in [7, 11) is 3.50. The summed E-state index contributed by atoms with van der Waals surface area (Å²) in [6.45, 7) is 2.00. The number of methoxy groups -OCH3 is 1.